The number of nitrogens with zero attached hydrogens (tertiary/aromatic N) is 1. The number of nitrogens with one attached hydrogen (secondary N) is 2. The molecular formula is C18H15Cl2N3O3. The maximum Gasteiger partial charge on any atom is 0.253 e. The lowest BCUT2D eigenvalue weighted by Gasteiger charge is -2.15. The molecule has 3 rings (SSSR count). The van der Waals surface area contributed by atoms with Gasteiger partial charge in [-0.3, -0.25) is 9.59 Å². The summed E-state index contributed by atoms with van der Waals surface area (Å²) in [7, 11) is 0. The molecule has 1 heterocycles. The third-order valence-electron chi connectivity index (χ3n) is 4.13. The fourth-order valence-electron chi connectivity index (χ4n) is 2.85. The van der Waals surface area contributed by atoms with Crippen LogP contribution >= 0.6 is 23.2 Å². The molecule has 2 aromatic carbocycles. The van der Waals surface area contributed by atoms with Crippen molar-refractivity contribution in [2.24, 2.45) is 11.0 Å². The van der Waals surface area contributed by atoms with Gasteiger partial charge in [0.05, 0.1) is 11.2 Å². The number of rotatable bonds is 4. The molecule has 134 valence electrons. The van der Waals surface area contributed by atoms with Gasteiger partial charge in [0.1, 0.15) is 11.7 Å². The van der Waals surface area contributed by atoms with Gasteiger partial charge in [-0.1, -0.05) is 53.5 Å². The van der Waals surface area contributed by atoms with E-state index in [1.165, 1.54) is 18.3 Å². The second-order valence-corrected chi connectivity index (χ2v) is 6.64. The maximum absolute atomic E-state index is 12.4. The van der Waals surface area contributed by atoms with Crippen molar-refractivity contribution in [1.29, 1.82) is 0 Å². The number of phenols is 1. The second kappa shape index (κ2) is 7.76. The monoisotopic (exact) mass is 391 g/mol. The number of hydrazone groups is 1. The van der Waals surface area contributed by atoms with Crippen LogP contribution in [0, 0.1) is 5.92 Å². The Balaban J connectivity index is 1.74. The van der Waals surface area contributed by atoms with Crippen LogP contribution < -0.4 is 10.7 Å². The summed E-state index contributed by atoms with van der Waals surface area (Å²) >= 11 is 11.7. The zero-order chi connectivity index (χ0) is 18.7. The molecule has 2 amide bonds. The van der Waals surface area contributed by atoms with E-state index >= 15 is 0 Å². The number of benzene rings is 2. The summed E-state index contributed by atoms with van der Waals surface area (Å²) in [5.41, 5.74) is 3.49. The normalized spacial score (nSPS) is 19.5. The van der Waals surface area contributed by atoms with Gasteiger partial charge in [0.25, 0.3) is 5.91 Å². The van der Waals surface area contributed by atoms with E-state index < -0.39 is 11.8 Å². The lowest BCUT2D eigenvalue weighted by atomic mass is 9.88. The molecule has 1 aliphatic heterocycles. The Hall–Kier alpha value is -2.57. The fraction of sp³-hybridized carbons (Fsp3) is 0.167. The maximum atomic E-state index is 12.4. The van der Waals surface area contributed by atoms with Gasteiger partial charge in [-0.05, 0) is 17.7 Å². The zero-order valence-electron chi connectivity index (χ0n) is 13.4. The van der Waals surface area contributed by atoms with Crippen LogP contribution in [-0.2, 0) is 9.59 Å². The highest BCUT2D eigenvalue weighted by molar-refractivity contribution is 6.36. The third-order valence-corrected chi connectivity index (χ3v) is 4.63. The first kappa shape index (κ1) is 18.2. The van der Waals surface area contributed by atoms with Crippen LogP contribution in [0.1, 0.15) is 17.0 Å². The molecule has 2 atom stereocenters. The summed E-state index contributed by atoms with van der Waals surface area (Å²) in [6, 6.07) is 12.2. The average Bonchev–Trinajstić information content (AvgIpc) is 3.01. The zero-order valence-corrected chi connectivity index (χ0v) is 15.0. The average molecular weight is 392 g/mol. The van der Waals surface area contributed by atoms with E-state index in [-0.39, 0.29) is 28.2 Å². The standard InChI is InChI=1S/C18H15Cl2N3O3/c19-12-6-11(16(24)14(20)7-12)8-22-23-18(26)15-13(9-21-17(15)25)10-4-2-1-3-5-10/h1-8,13,15,24H,9H2,(H,21,25)(H,23,26)/b22-8+. The van der Waals surface area contributed by atoms with Crippen molar-refractivity contribution < 1.29 is 14.7 Å². The predicted octanol–water partition coefficient (Wildman–Crippen LogP) is 2.68. The topological polar surface area (TPSA) is 90.8 Å². The molecule has 1 aliphatic rings. The van der Waals surface area contributed by atoms with Crippen molar-refractivity contribution in [3.8, 4) is 5.75 Å². The Morgan fingerprint density at radius 3 is 2.73 bits per heavy atom. The Bertz CT molecular complexity index is 871. The molecule has 2 unspecified atom stereocenters. The number of carbonyl (C=O) groups is 2. The predicted molar refractivity (Wildman–Crippen MR) is 99.5 cm³/mol. The minimum atomic E-state index is -0.883. The van der Waals surface area contributed by atoms with E-state index in [9.17, 15) is 14.7 Å². The Labute approximate surface area is 159 Å². The quantitative estimate of drug-likeness (QED) is 0.425. The molecule has 0 bridgehead atoms. The van der Waals surface area contributed by atoms with Gasteiger partial charge in [0.2, 0.25) is 5.91 Å². The molecule has 0 aromatic heterocycles. The fourth-order valence-corrected chi connectivity index (χ4v) is 3.36. The Morgan fingerprint density at radius 2 is 2.00 bits per heavy atom. The summed E-state index contributed by atoms with van der Waals surface area (Å²) in [5, 5.41) is 16.8. The molecule has 0 saturated carbocycles. The first-order valence-electron chi connectivity index (χ1n) is 7.81. The van der Waals surface area contributed by atoms with Gasteiger partial charge in [-0.15, -0.1) is 0 Å². The third kappa shape index (κ3) is 3.81. The van der Waals surface area contributed by atoms with E-state index in [0.29, 0.717) is 11.6 Å². The molecule has 8 heteroatoms. The smallest absolute Gasteiger partial charge is 0.253 e. The van der Waals surface area contributed by atoms with E-state index in [1.54, 1.807) is 0 Å². The van der Waals surface area contributed by atoms with Crippen molar-refractivity contribution in [3.63, 3.8) is 0 Å². The number of phenolic OH excluding ortho intramolecular Hbond substituents is 1. The highest BCUT2D eigenvalue weighted by atomic mass is 35.5. The Kier molecular flexibility index (Phi) is 5.44. The van der Waals surface area contributed by atoms with E-state index in [0.717, 1.165) is 5.56 Å². The highest BCUT2D eigenvalue weighted by Gasteiger charge is 2.40. The summed E-state index contributed by atoms with van der Waals surface area (Å²) in [5.74, 6) is -2.23. The number of aromatic hydroxyl groups is 1. The van der Waals surface area contributed by atoms with Crippen LogP contribution in [0.3, 0.4) is 0 Å². The van der Waals surface area contributed by atoms with Crippen molar-refractivity contribution in [2.45, 2.75) is 5.92 Å². The van der Waals surface area contributed by atoms with Crippen LogP contribution in [0.5, 0.6) is 5.75 Å². The lowest BCUT2D eigenvalue weighted by Crippen LogP contribution is -2.34. The molecule has 0 spiro atoms. The van der Waals surface area contributed by atoms with Crippen molar-refractivity contribution in [3.05, 3.63) is 63.6 Å². The van der Waals surface area contributed by atoms with E-state index in [2.05, 4.69) is 15.8 Å². The largest absolute Gasteiger partial charge is 0.506 e. The molecular weight excluding hydrogens is 377 g/mol. The first-order valence-corrected chi connectivity index (χ1v) is 8.56. The van der Waals surface area contributed by atoms with Gasteiger partial charge in [-0.2, -0.15) is 5.10 Å². The van der Waals surface area contributed by atoms with Crippen molar-refractivity contribution in [1.82, 2.24) is 10.7 Å². The summed E-state index contributed by atoms with van der Waals surface area (Å²) in [6.07, 6.45) is 1.22. The number of halogens is 2. The number of hydrogen-bond acceptors (Lipinski definition) is 4. The van der Waals surface area contributed by atoms with Crippen molar-refractivity contribution in [2.75, 3.05) is 6.54 Å². The molecule has 2 aromatic rings. The van der Waals surface area contributed by atoms with Crippen LogP contribution in [-0.4, -0.2) is 29.7 Å². The molecule has 26 heavy (non-hydrogen) atoms. The van der Waals surface area contributed by atoms with Gasteiger partial charge in [0.15, 0.2) is 0 Å². The summed E-state index contributed by atoms with van der Waals surface area (Å²) in [6.45, 7) is 0.384. The number of carbonyl (C=O) groups excluding carboxylic acids is 2. The second-order valence-electron chi connectivity index (χ2n) is 5.80. The van der Waals surface area contributed by atoms with Crippen molar-refractivity contribution >= 4 is 41.2 Å². The van der Waals surface area contributed by atoms with Crippen LogP contribution in [0.15, 0.2) is 47.6 Å². The summed E-state index contributed by atoms with van der Waals surface area (Å²) in [4.78, 5) is 24.5. The minimum Gasteiger partial charge on any atom is -0.506 e. The van der Waals surface area contributed by atoms with E-state index in [4.69, 9.17) is 23.2 Å². The molecule has 0 aliphatic carbocycles. The van der Waals surface area contributed by atoms with Gasteiger partial charge >= 0.3 is 0 Å². The SMILES string of the molecule is O=C1NCC(c2ccccc2)C1C(=O)N/N=C/c1cc(Cl)cc(Cl)c1O. The Morgan fingerprint density at radius 1 is 1.27 bits per heavy atom. The van der Waals surface area contributed by atoms with Gasteiger partial charge in [-0.25, -0.2) is 5.43 Å². The van der Waals surface area contributed by atoms with E-state index in [1.807, 2.05) is 30.3 Å². The van der Waals surface area contributed by atoms with Crippen LogP contribution in [0.2, 0.25) is 10.0 Å². The summed E-state index contributed by atoms with van der Waals surface area (Å²) < 4.78 is 0. The van der Waals surface area contributed by atoms with Crippen LogP contribution in [0.4, 0.5) is 0 Å². The number of amides is 2. The highest BCUT2D eigenvalue weighted by Crippen LogP contribution is 2.30. The minimum absolute atomic E-state index is 0.0737. The molecule has 6 nitrogen and oxygen atoms in total. The molecule has 0 radical (unpaired) electrons. The lowest BCUT2D eigenvalue weighted by molar-refractivity contribution is -0.133. The van der Waals surface area contributed by atoms with Gasteiger partial charge in [0, 0.05) is 23.0 Å². The molecule has 3 N–H and O–H groups in total. The first-order chi connectivity index (χ1) is 12.5. The number of hydrogen-bond donors (Lipinski definition) is 3. The molecule has 1 fully saturated rings. The van der Waals surface area contributed by atoms with Crippen LogP contribution in [0.25, 0.3) is 0 Å². The molecule has 1 saturated heterocycles. The van der Waals surface area contributed by atoms with Gasteiger partial charge < -0.3 is 10.4 Å².